The topological polar surface area (TPSA) is 66.5 Å². The van der Waals surface area contributed by atoms with Crippen molar-refractivity contribution in [3.05, 3.63) is 89.5 Å². The van der Waals surface area contributed by atoms with Gasteiger partial charge in [0.1, 0.15) is 0 Å². The predicted molar refractivity (Wildman–Crippen MR) is 112 cm³/mol. The minimum atomic E-state index is -3.70. The largest absolute Gasteiger partial charge is 0.322 e. The number of hydrogen-bond acceptors (Lipinski definition) is 3. The van der Waals surface area contributed by atoms with Gasteiger partial charge in [0.2, 0.25) is 0 Å². The molecule has 28 heavy (non-hydrogen) atoms. The molecule has 0 heterocycles. The fourth-order valence-corrected chi connectivity index (χ4v) is 4.19. The molecule has 3 aromatic rings. The summed E-state index contributed by atoms with van der Waals surface area (Å²) < 4.78 is 26.8. The van der Waals surface area contributed by atoms with Gasteiger partial charge in [-0.15, -0.1) is 0 Å². The number of amides is 1. The first-order valence-electron chi connectivity index (χ1n) is 8.81. The molecule has 0 atom stereocenters. The molecule has 0 aliphatic heterocycles. The van der Waals surface area contributed by atoms with Crippen molar-refractivity contribution in [2.45, 2.75) is 18.7 Å². The molecule has 0 aliphatic rings. The average molecular weight is 394 g/mol. The lowest BCUT2D eigenvalue weighted by atomic mass is 10.1. The summed E-state index contributed by atoms with van der Waals surface area (Å²) in [6.45, 7) is 3.93. The molecule has 0 aromatic heterocycles. The van der Waals surface area contributed by atoms with Crippen molar-refractivity contribution in [3.63, 3.8) is 0 Å². The molecular formula is C22H22N2O3S. The zero-order valence-corrected chi connectivity index (χ0v) is 16.8. The van der Waals surface area contributed by atoms with Crippen LogP contribution in [0.4, 0.5) is 11.4 Å². The average Bonchev–Trinajstić information content (AvgIpc) is 2.67. The molecule has 1 N–H and O–H groups in total. The van der Waals surface area contributed by atoms with Crippen LogP contribution in [0.5, 0.6) is 0 Å². The summed E-state index contributed by atoms with van der Waals surface area (Å²) in [5, 5.41) is 2.87. The van der Waals surface area contributed by atoms with Crippen molar-refractivity contribution in [3.8, 4) is 0 Å². The van der Waals surface area contributed by atoms with E-state index in [4.69, 9.17) is 0 Å². The zero-order chi connectivity index (χ0) is 20.3. The second-order valence-electron chi connectivity index (χ2n) is 6.67. The van der Waals surface area contributed by atoms with E-state index in [1.807, 2.05) is 32.0 Å². The molecule has 3 rings (SSSR count). The SMILES string of the molecule is Cc1cc(C)cc(NC(=O)c2cccc(N(C)S(=O)(=O)c3ccccc3)c2)c1. The van der Waals surface area contributed by atoms with E-state index in [0.717, 1.165) is 11.1 Å². The van der Waals surface area contributed by atoms with Gasteiger partial charge in [0.15, 0.2) is 0 Å². The Morgan fingerprint density at radius 2 is 1.50 bits per heavy atom. The van der Waals surface area contributed by atoms with Crippen LogP contribution in [0.2, 0.25) is 0 Å². The number of aryl methyl sites for hydroxylation is 2. The summed E-state index contributed by atoms with van der Waals surface area (Å²) >= 11 is 0. The molecule has 5 nitrogen and oxygen atoms in total. The molecule has 3 aromatic carbocycles. The molecule has 0 saturated heterocycles. The fraction of sp³-hybridized carbons (Fsp3) is 0.136. The number of carbonyl (C=O) groups excluding carboxylic acids is 1. The summed E-state index contributed by atoms with van der Waals surface area (Å²) in [5.41, 5.74) is 3.61. The molecule has 0 fully saturated rings. The van der Waals surface area contributed by atoms with E-state index in [1.54, 1.807) is 54.6 Å². The Morgan fingerprint density at radius 3 is 2.14 bits per heavy atom. The van der Waals surface area contributed by atoms with Gasteiger partial charge in [-0.1, -0.05) is 30.3 Å². The minimum Gasteiger partial charge on any atom is -0.322 e. The second-order valence-corrected chi connectivity index (χ2v) is 8.64. The van der Waals surface area contributed by atoms with Crippen molar-refractivity contribution in [2.75, 3.05) is 16.7 Å². The molecule has 0 saturated carbocycles. The second kappa shape index (κ2) is 7.86. The summed E-state index contributed by atoms with van der Waals surface area (Å²) in [7, 11) is -2.23. The molecule has 0 aliphatic carbocycles. The zero-order valence-electron chi connectivity index (χ0n) is 16.0. The molecule has 0 radical (unpaired) electrons. The van der Waals surface area contributed by atoms with Gasteiger partial charge in [-0.2, -0.15) is 0 Å². The van der Waals surface area contributed by atoms with Crippen LogP contribution in [0.25, 0.3) is 0 Å². The molecular weight excluding hydrogens is 372 g/mol. The highest BCUT2D eigenvalue weighted by atomic mass is 32.2. The Labute approximate surface area is 165 Å². The monoisotopic (exact) mass is 394 g/mol. The normalized spacial score (nSPS) is 11.1. The smallest absolute Gasteiger partial charge is 0.264 e. The van der Waals surface area contributed by atoms with Crippen LogP contribution in [0, 0.1) is 13.8 Å². The van der Waals surface area contributed by atoms with Gasteiger partial charge in [-0.3, -0.25) is 9.10 Å². The van der Waals surface area contributed by atoms with Gasteiger partial charge in [0.05, 0.1) is 10.6 Å². The number of anilines is 2. The maximum Gasteiger partial charge on any atom is 0.264 e. The number of nitrogens with one attached hydrogen (secondary N) is 1. The Morgan fingerprint density at radius 1 is 0.857 bits per heavy atom. The van der Waals surface area contributed by atoms with E-state index in [2.05, 4.69) is 5.32 Å². The van der Waals surface area contributed by atoms with Gasteiger partial charge in [0, 0.05) is 18.3 Å². The van der Waals surface area contributed by atoms with Crippen LogP contribution in [-0.4, -0.2) is 21.4 Å². The summed E-state index contributed by atoms with van der Waals surface area (Å²) in [6.07, 6.45) is 0. The number of sulfonamides is 1. The molecule has 0 spiro atoms. The third-order valence-electron chi connectivity index (χ3n) is 4.35. The van der Waals surface area contributed by atoms with E-state index in [-0.39, 0.29) is 10.8 Å². The van der Waals surface area contributed by atoms with E-state index in [1.165, 1.54) is 11.4 Å². The molecule has 144 valence electrons. The molecule has 1 amide bonds. The van der Waals surface area contributed by atoms with Gasteiger partial charge in [-0.25, -0.2) is 8.42 Å². The van der Waals surface area contributed by atoms with E-state index < -0.39 is 10.0 Å². The van der Waals surface area contributed by atoms with Crippen LogP contribution >= 0.6 is 0 Å². The minimum absolute atomic E-state index is 0.197. The quantitative estimate of drug-likeness (QED) is 0.698. The molecule has 6 heteroatoms. The number of benzene rings is 3. The first kappa shape index (κ1) is 19.6. The van der Waals surface area contributed by atoms with Gasteiger partial charge < -0.3 is 5.32 Å². The lowest BCUT2D eigenvalue weighted by molar-refractivity contribution is 0.102. The first-order valence-corrected chi connectivity index (χ1v) is 10.2. The van der Waals surface area contributed by atoms with Crippen LogP contribution in [-0.2, 0) is 10.0 Å². The predicted octanol–water partition coefficient (Wildman–Crippen LogP) is 4.38. The van der Waals surface area contributed by atoms with Crippen molar-refractivity contribution in [1.82, 2.24) is 0 Å². The van der Waals surface area contributed by atoms with E-state index in [0.29, 0.717) is 16.9 Å². The van der Waals surface area contributed by atoms with Crippen molar-refractivity contribution in [1.29, 1.82) is 0 Å². The number of nitrogens with zero attached hydrogens (tertiary/aromatic N) is 1. The van der Waals surface area contributed by atoms with Crippen molar-refractivity contribution < 1.29 is 13.2 Å². The van der Waals surface area contributed by atoms with Crippen LogP contribution in [0.15, 0.2) is 77.7 Å². The maximum absolute atomic E-state index is 12.8. The fourth-order valence-electron chi connectivity index (χ4n) is 2.98. The third kappa shape index (κ3) is 4.23. The lowest BCUT2D eigenvalue weighted by Crippen LogP contribution is -2.26. The highest BCUT2D eigenvalue weighted by molar-refractivity contribution is 7.92. The Bertz CT molecular complexity index is 1090. The Kier molecular flexibility index (Phi) is 5.51. The van der Waals surface area contributed by atoms with Crippen molar-refractivity contribution in [2.24, 2.45) is 0 Å². The molecule has 0 unspecified atom stereocenters. The summed E-state index contributed by atoms with van der Waals surface area (Å²) in [4.78, 5) is 12.8. The van der Waals surface area contributed by atoms with Crippen LogP contribution in [0.1, 0.15) is 21.5 Å². The van der Waals surface area contributed by atoms with Crippen LogP contribution in [0.3, 0.4) is 0 Å². The van der Waals surface area contributed by atoms with Crippen molar-refractivity contribution >= 4 is 27.3 Å². The Balaban J connectivity index is 1.86. The third-order valence-corrected chi connectivity index (χ3v) is 6.15. The lowest BCUT2D eigenvalue weighted by Gasteiger charge is -2.20. The maximum atomic E-state index is 12.8. The van der Waals surface area contributed by atoms with E-state index in [9.17, 15) is 13.2 Å². The highest BCUT2D eigenvalue weighted by Crippen LogP contribution is 2.23. The van der Waals surface area contributed by atoms with Gasteiger partial charge >= 0.3 is 0 Å². The number of hydrogen-bond donors (Lipinski definition) is 1. The highest BCUT2D eigenvalue weighted by Gasteiger charge is 2.21. The van der Waals surface area contributed by atoms with E-state index >= 15 is 0 Å². The van der Waals surface area contributed by atoms with Gasteiger partial charge in [0.25, 0.3) is 15.9 Å². The number of rotatable bonds is 5. The standard InChI is InChI=1S/C22H22N2O3S/c1-16-12-17(2)14-19(13-16)23-22(25)18-8-7-9-20(15-18)24(3)28(26,27)21-10-5-4-6-11-21/h4-15H,1-3H3,(H,23,25). The molecule has 0 bridgehead atoms. The summed E-state index contributed by atoms with van der Waals surface area (Å²) in [6, 6.07) is 20.6. The Hall–Kier alpha value is -3.12. The van der Waals surface area contributed by atoms with Gasteiger partial charge in [-0.05, 0) is 67.4 Å². The summed E-state index contributed by atoms with van der Waals surface area (Å²) in [5.74, 6) is -0.294. The number of carbonyl (C=O) groups is 1. The first-order chi connectivity index (χ1) is 13.3. The van der Waals surface area contributed by atoms with Crippen LogP contribution < -0.4 is 9.62 Å².